The number of aliphatic hydroxyl groups excluding tert-OH is 1. The molecule has 0 radical (unpaired) electrons. The van der Waals surface area contributed by atoms with Crippen molar-refractivity contribution in [3.05, 3.63) is 47.9 Å². The Kier molecular flexibility index (Phi) is 4.90. The van der Waals surface area contributed by atoms with Crippen LogP contribution in [0.3, 0.4) is 0 Å². The summed E-state index contributed by atoms with van der Waals surface area (Å²) in [6.45, 7) is 2.64. The van der Waals surface area contributed by atoms with Gasteiger partial charge in [0.2, 0.25) is 5.88 Å². The quantitative estimate of drug-likeness (QED) is 0.876. The summed E-state index contributed by atoms with van der Waals surface area (Å²) >= 11 is 0. The van der Waals surface area contributed by atoms with E-state index in [2.05, 4.69) is 9.97 Å². The lowest BCUT2D eigenvalue weighted by atomic mass is 10.1. The summed E-state index contributed by atoms with van der Waals surface area (Å²) < 4.78 is 10.7. The number of aliphatic hydroxyl groups is 1. The molecule has 5 nitrogen and oxygen atoms in total. The first-order valence-corrected chi connectivity index (χ1v) is 6.52. The van der Waals surface area contributed by atoms with E-state index >= 15 is 0 Å². The van der Waals surface area contributed by atoms with Crippen LogP contribution in [-0.4, -0.2) is 28.8 Å². The van der Waals surface area contributed by atoms with Crippen LogP contribution in [0.15, 0.2) is 36.7 Å². The lowest BCUT2D eigenvalue weighted by Crippen LogP contribution is -2.07. The lowest BCUT2D eigenvalue weighted by molar-refractivity contribution is 0.205. The van der Waals surface area contributed by atoms with Crippen LogP contribution in [0.4, 0.5) is 0 Å². The Morgan fingerprint density at radius 1 is 1.25 bits per heavy atom. The molecule has 0 aliphatic rings. The third-order valence-electron chi connectivity index (χ3n) is 2.83. The van der Waals surface area contributed by atoms with E-state index in [1.54, 1.807) is 6.07 Å². The maximum absolute atomic E-state index is 10.5. The van der Waals surface area contributed by atoms with Gasteiger partial charge < -0.3 is 14.6 Å². The number of aromatic nitrogens is 2. The molecule has 2 rings (SSSR count). The van der Waals surface area contributed by atoms with Crippen molar-refractivity contribution < 1.29 is 14.6 Å². The average molecular weight is 274 g/mol. The molecule has 1 aromatic carbocycles. The summed E-state index contributed by atoms with van der Waals surface area (Å²) in [5.41, 5.74) is 1.16. The minimum Gasteiger partial charge on any atom is -0.493 e. The van der Waals surface area contributed by atoms with Crippen LogP contribution in [0, 0.1) is 0 Å². The molecular weight excluding hydrogens is 256 g/mol. The van der Waals surface area contributed by atoms with E-state index in [0.717, 1.165) is 6.42 Å². The van der Waals surface area contributed by atoms with Gasteiger partial charge in [0.1, 0.15) is 18.2 Å². The second-order valence-corrected chi connectivity index (χ2v) is 4.27. The number of methoxy groups -OCH3 is 1. The summed E-state index contributed by atoms with van der Waals surface area (Å²) in [4.78, 5) is 8.02. The highest BCUT2D eigenvalue weighted by Gasteiger charge is 2.17. The van der Waals surface area contributed by atoms with E-state index in [1.807, 2.05) is 31.2 Å². The van der Waals surface area contributed by atoms with Crippen LogP contribution in [0.1, 0.15) is 30.7 Å². The molecule has 106 valence electrons. The third kappa shape index (κ3) is 3.24. The van der Waals surface area contributed by atoms with Crippen LogP contribution in [0.25, 0.3) is 0 Å². The summed E-state index contributed by atoms with van der Waals surface area (Å²) in [7, 11) is 1.52. The van der Waals surface area contributed by atoms with Crippen LogP contribution in [0.2, 0.25) is 0 Å². The SMILES string of the molecule is CCCOc1ccccc1C(O)c1cc(OC)ncn1. The summed E-state index contributed by atoms with van der Waals surface area (Å²) in [6, 6.07) is 9.01. The van der Waals surface area contributed by atoms with Crippen molar-refractivity contribution >= 4 is 0 Å². The van der Waals surface area contributed by atoms with Gasteiger partial charge in [-0.25, -0.2) is 9.97 Å². The Morgan fingerprint density at radius 2 is 2.05 bits per heavy atom. The first-order valence-electron chi connectivity index (χ1n) is 6.52. The fourth-order valence-electron chi connectivity index (χ4n) is 1.82. The zero-order valence-electron chi connectivity index (χ0n) is 11.6. The standard InChI is InChI=1S/C15H18N2O3/c1-3-8-20-13-7-5-4-6-11(13)15(18)12-9-14(19-2)17-10-16-12/h4-7,9-10,15,18H,3,8H2,1-2H3. The Hall–Kier alpha value is -2.14. The maximum atomic E-state index is 10.5. The number of nitrogens with zero attached hydrogens (tertiary/aromatic N) is 2. The van der Waals surface area contributed by atoms with Crippen molar-refractivity contribution in [2.24, 2.45) is 0 Å². The molecule has 20 heavy (non-hydrogen) atoms. The van der Waals surface area contributed by atoms with Crippen LogP contribution >= 0.6 is 0 Å². The molecule has 1 atom stereocenters. The number of rotatable bonds is 6. The molecule has 1 unspecified atom stereocenters. The molecule has 0 amide bonds. The fourth-order valence-corrected chi connectivity index (χ4v) is 1.82. The first-order chi connectivity index (χ1) is 9.76. The van der Waals surface area contributed by atoms with Gasteiger partial charge in [-0.3, -0.25) is 0 Å². The zero-order valence-corrected chi connectivity index (χ0v) is 11.6. The van der Waals surface area contributed by atoms with Gasteiger partial charge in [-0.1, -0.05) is 25.1 Å². The van der Waals surface area contributed by atoms with E-state index in [1.165, 1.54) is 13.4 Å². The highest BCUT2D eigenvalue weighted by atomic mass is 16.5. The molecule has 0 bridgehead atoms. The number of para-hydroxylation sites is 1. The van der Waals surface area contributed by atoms with E-state index in [-0.39, 0.29) is 0 Å². The molecule has 0 saturated heterocycles. The molecule has 1 heterocycles. The number of benzene rings is 1. The largest absolute Gasteiger partial charge is 0.493 e. The van der Waals surface area contributed by atoms with E-state index < -0.39 is 6.10 Å². The topological polar surface area (TPSA) is 64.5 Å². The van der Waals surface area contributed by atoms with Gasteiger partial charge in [0.15, 0.2) is 0 Å². The van der Waals surface area contributed by atoms with E-state index in [9.17, 15) is 5.11 Å². The number of hydrogen-bond acceptors (Lipinski definition) is 5. The van der Waals surface area contributed by atoms with Crippen LogP contribution in [-0.2, 0) is 0 Å². The molecule has 0 spiro atoms. The maximum Gasteiger partial charge on any atom is 0.216 e. The third-order valence-corrected chi connectivity index (χ3v) is 2.83. The summed E-state index contributed by atoms with van der Waals surface area (Å²) in [5.74, 6) is 1.08. The van der Waals surface area contributed by atoms with Gasteiger partial charge in [-0.2, -0.15) is 0 Å². The normalized spacial score (nSPS) is 11.9. The van der Waals surface area contributed by atoms with Crippen molar-refractivity contribution in [2.75, 3.05) is 13.7 Å². The van der Waals surface area contributed by atoms with Crippen molar-refractivity contribution in [2.45, 2.75) is 19.4 Å². The van der Waals surface area contributed by atoms with Gasteiger partial charge in [0, 0.05) is 11.6 Å². The number of hydrogen-bond donors (Lipinski definition) is 1. The fraction of sp³-hybridized carbons (Fsp3) is 0.333. The summed E-state index contributed by atoms with van der Waals surface area (Å²) in [5, 5.41) is 10.5. The molecule has 0 aliphatic heterocycles. The first kappa shape index (κ1) is 14.3. The Labute approximate surface area is 118 Å². The van der Waals surface area contributed by atoms with Gasteiger partial charge in [-0.15, -0.1) is 0 Å². The Bertz CT molecular complexity index is 560. The van der Waals surface area contributed by atoms with Gasteiger partial charge in [0.25, 0.3) is 0 Å². The number of ether oxygens (including phenoxy) is 2. The van der Waals surface area contributed by atoms with Crippen molar-refractivity contribution in [3.8, 4) is 11.6 Å². The highest BCUT2D eigenvalue weighted by Crippen LogP contribution is 2.29. The minimum absolute atomic E-state index is 0.418. The molecule has 0 saturated carbocycles. The van der Waals surface area contributed by atoms with Crippen molar-refractivity contribution in [1.82, 2.24) is 9.97 Å². The van der Waals surface area contributed by atoms with Crippen molar-refractivity contribution in [3.63, 3.8) is 0 Å². The smallest absolute Gasteiger partial charge is 0.216 e. The summed E-state index contributed by atoms with van der Waals surface area (Å²) in [6.07, 6.45) is 1.40. The monoisotopic (exact) mass is 274 g/mol. The lowest BCUT2D eigenvalue weighted by Gasteiger charge is -2.15. The minimum atomic E-state index is -0.875. The average Bonchev–Trinajstić information content (AvgIpc) is 2.52. The molecular formula is C15H18N2O3. The Morgan fingerprint density at radius 3 is 2.80 bits per heavy atom. The highest BCUT2D eigenvalue weighted by molar-refractivity contribution is 5.39. The Balaban J connectivity index is 2.29. The van der Waals surface area contributed by atoms with E-state index in [4.69, 9.17) is 9.47 Å². The van der Waals surface area contributed by atoms with Crippen LogP contribution < -0.4 is 9.47 Å². The molecule has 5 heteroatoms. The molecule has 0 fully saturated rings. The van der Waals surface area contributed by atoms with Crippen LogP contribution in [0.5, 0.6) is 11.6 Å². The predicted molar refractivity (Wildman–Crippen MR) is 74.9 cm³/mol. The second kappa shape index (κ2) is 6.86. The molecule has 1 N–H and O–H groups in total. The predicted octanol–water partition coefficient (Wildman–Crippen LogP) is 2.36. The second-order valence-electron chi connectivity index (χ2n) is 4.27. The van der Waals surface area contributed by atoms with Crippen molar-refractivity contribution in [1.29, 1.82) is 0 Å². The van der Waals surface area contributed by atoms with Gasteiger partial charge in [0.05, 0.1) is 19.4 Å². The molecule has 1 aromatic heterocycles. The van der Waals surface area contributed by atoms with Gasteiger partial charge >= 0.3 is 0 Å². The molecule has 0 aliphatic carbocycles. The zero-order chi connectivity index (χ0) is 14.4. The molecule has 2 aromatic rings. The van der Waals surface area contributed by atoms with Gasteiger partial charge in [-0.05, 0) is 12.5 Å². The van der Waals surface area contributed by atoms with E-state index in [0.29, 0.717) is 29.5 Å².